The zero-order valence-electron chi connectivity index (χ0n) is 8.93. The Labute approximate surface area is 96.3 Å². The quantitative estimate of drug-likeness (QED) is 0.823. The summed E-state index contributed by atoms with van der Waals surface area (Å²) >= 11 is 0. The van der Waals surface area contributed by atoms with Gasteiger partial charge in [0.05, 0.1) is 0 Å². The minimum Gasteiger partial charge on any atom is -0.321 e. The van der Waals surface area contributed by atoms with Gasteiger partial charge in [-0.05, 0) is 18.9 Å². The zero-order chi connectivity index (χ0) is 13.0. The summed E-state index contributed by atoms with van der Waals surface area (Å²) in [7, 11) is -4.16. The molecule has 1 aromatic rings. The van der Waals surface area contributed by atoms with Gasteiger partial charge in [-0.15, -0.1) is 0 Å². The highest BCUT2D eigenvalue weighted by molar-refractivity contribution is 7.90. The van der Waals surface area contributed by atoms with Gasteiger partial charge in [-0.3, -0.25) is 0 Å². The molecule has 1 aliphatic carbocycles. The predicted molar refractivity (Wildman–Crippen MR) is 54.5 cm³/mol. The molecule has 7 heteroatoms. The molecule has 2 N–H and O–H groups in total. The highest BCUT2D eigenvalue weighted by Crippen LogP contribution is 2.45. The standard InChI is InChI=1S/C10H10F3NO2S/c1-17(15,16)9-6(11)4-5(7(12)8(9)13)10(14)2-3-10/h4H,2-3,14H2,1H3. The lowest BCUT2D eigenvalue weighted by Crippen LogP contribution is -2.22. The molecule has 0 heterocycles. The molecule has 0 bridgehead atoms. The van der Waals surface area contributed by atoms with Crippen molar-refractivity contribution in [2.24, 2.45) is 5.73 Å². The molecular formula is C10H10F3NO2S. The molecule has 3 nitrogen and oxygen atoms in total. The van der Waals surface area contributed by atoms with E-state index in [2.05, 4.69) is 0 Å². The Balaban J connectivity index is 2.73. The van der Waals surface area contributed by atoms with Crippen LogP contribution in [0.4, 0.5) is 13.2 Å². The highest BCUT2D eigenvalue weighted by Gasteiger charge is 2.44. The fourth-order valence-electron chi connectivity index (χ4n) is 1.68. The summed E-state index contributed by atoms with van der Waals surface area (Å²) in [5, 5.41) is 0. The maximum absolute atomic E-state index is 13.6. The normalized spacial score (nSPS) is 18.2. The number of nitrogens with two attached hydrogens (primary N) is 1. The maximum atomic E-state index is 13.6. The number of hydrogen-bond acceptors (Lipinski definition) is 3. The molecule has 1 saturated carbocycles. The van der Waals surface area contributed by atoms with Gasteiger partial charge in [0, 0.05) is 17.4 Å². The summed E-state index contributed by atoms with van der Waals surface area (Å²) in [5.41, 5.74) is 4.27. The maximum Gasteiger partial charge on any atom is 0.181 e. The van der Waals surface area contributed by atoms with Crippen molar-refractivity contribution in [3.63, 3.8) is 0 Å². The zero-order valence-corrected chi connectivity index (χ0v) is 9.74. The van der Waals surface area contributed by atoms with E-state index in [9.17, 15) is 21.6 Å². The monoisotopic (exact) mass is 265 g/mol. The fraction of sp³-hybridized carbons (Fsp3) is 0.400. The second kappa shape index (κ2) is 3.46. The van der Waals surface area contributed by atoms with Crippen LogP contribution < -0.4 is 5.73 Å². The van der Waals surface area contributed by atoms with E-state index in [-0.39, 0.29) is 5.56 Å². The second-order valence-electron chi connectivity index (χ2n) is 4.29. The average Bonchev–Trinajstić information content (AvgIpc) is 2.89. The van der Waals surface area contributed by atoms with Crippen LogP contribution in [-0.4, -0.2) is 14.7 Å². The molecule has 17 heavy (non-hydrogen) atoms. The van der Waals surface area contributed by atoms with Gasteiger partial charge in [0.2, 0.25) is 0 Å². The third kappa shape index (κ3) is 1.93. The van der Waals surface area contributed by atoms with Crippen molar-refractivity contribution in [3.8, 4) is 0 Å². The molecule has 0 amide bonds. The minimum atomic E-state index is -4.16. The molecule has 1 fully saturated rings. The van der Waals surface area contributed by atoms with E-state index in [4.69, 9.17) is 5.73 Å². The Morgan fingerprint density at radius 2 is 1.76 bits per heavy atom. The molecule has 1 aromatic carbocycles. The first-order valence-corrected chi connectivity index (χ1v) is 6.73. The van der Waals surface area contributed by atoms with E-state index in [1.165, 1.54) is 0 Å². The smallest absolute Gasteiger partial charge is 0.181 e. The first kappa shape index (κ1) is 12.4. The van der Waals surface area contributed by atoms with E-state index >= 15 is 0 Å². The molecular weight excluding hydrogens is 255 g/mol. The van der Waals surface area contributed by atoms with Crippen LogP contribution in [0.3, 0.4) is 0 Å². The van der Waals surface area contributed by atoms with Crippen LogP contribution in [-0.2, 0) is 15.4 Å². The molecule has 0 unspecified atom stereocenters. The first-order valence-electron chi connectivity index (χ1n) is 4.84. The van der Waals surface area contributed by atoms with Crippen molar-refractivity contribution in [2.75, 3.05) is 6.26 Å². The lowest BCUT2D eigenvalue weighted by Gasteiger charge is -2.13. The summed E-state index contributed by atoms with van der Waals surface area (Å²) in [6, 6.07) is 0.668. The largest absolute Gasteiger partial charge is 0.321 e. The SMILES string of the molecule is CS(=O)(=O)c1c(F)cc(C2(N)CC2)c(F)c1F. The lowest BCUT2D eigenvalue weighted by molar-refractivity contribution is 0.441. The molecule has 0 spiro atoms. The van der Waals surface area contributed by atoms with Crippen molar-refractivity contribution >= 4 is 9.84 Å². The molecule has 1 aliphatic rings. The van der Waals surface area contributed by atoms with Gasteiger partial charge in [-0.2, -0.15) is 0 Å². The van der Waals surface area contributed by atoms with Gasteiger partial charge in [0.15, 0.2) is 21.5 Å². The molecule has 94 valence electrons. The van der Waals surface area contributed by atoms with Crippen molar-refractivity contribution in [1.82, 2.24) is 0 Å². The van der Waals surface area contributed by atoms with Crippen LogP contribution in [0.5, 0.6) is 0 Å². The number of halogens is 3. The Hall–Kier alpha value is -1.08. The summed E-state index contributed by atoms with van der Waals surface area (Å²) < 4.78 is 62.9. The summed E-state index contributed by atoms with van der Waals surface area (Å²) in [6.45, 7) is 0. The molecule has 0 aromatic heterocycles. The number of benzene rings is 1. The van der Waals surface area contributed by atoms with Gasteiger partial charge < -0.3 is 5.73 Å². The van der Waals surface area contributed by atoms with Gasteiger partial charge in [-0.1, -0.05) is 0 Å². The van der Waals surface area contributed by atoms with Crippen LogP contribution in [0.15, 0.2) is 11.0 Å². The number of sulfone groups is 1. The lowest BCUT2D eigenvalue weighted by atomic mass is 10.0. The van der Waals surface area contributed by atoms with Crippen LogP contribution >= 0.6 is 0 Å². The molecule has 0 atom stereocenters. The highest BCUT2D eigenvalue weighted by atomic mass is 32.2. The van der Waals surface area contributed by atoms with Crippen LogP contribution in [0.1, 0.15) is 18.4 Å². The van der Waals surface area contributed by atoms with Crippen molar-refractivity contribution in [1.29, 1.82) is 0 Å². The fourth-order valence-corrected chi connectivity index (χ4v) is 2.51. The molecule has 2 rings (SSSR count). The summed E-state index contributed by atoms with van der Waals surface area (Å²) in [5.74, 6) is -4.39. The number of rotatable bonds is 2. The molecule has 0 aliphatic heterocycles. The Morgan fingerprint density at radius 1 is 1.24 bits per heavy atom. The van der Waals surface area contributed by atoms with E-state index in [0.29, 0.717) is 25.2 Å². The van der Waals surface area contributed by atoms with Gasteiger partial charge in [0.1, 0.15) is 10.7 Å². The van der Waals surface area contributed by atoms with Crippen molar-refractivity contribution < 1.29 is 21.6 Å². The third-order valence-electron chi connectivity index (χ3n) is 2.81. The summed E-state index contributed by atoms with van der Waals surface area (Å²) in [4.78, 5) is -1.25. The molecule has 0 radical (unpaired) electrons. The van der Waals surface area contributed by atoms with Gasteiger partial charge in [-0.25, -0.2) is 21.6 Å². The predicted octanol–water partition coefficient (Wildman–Crippen LogP) is 1.46. The first-order chi connectivity index (χ1) is 7.67. The van der Waals surface area contributed by atoms with E-state index < -0.39 is 37.7 Å². The van der Waals surface area contributed by atoms with Gasteiger partial charge >= 0.3 is 0 Å². The Morgan fingerprint density at radius 3 is 2.18 bits per heavy atom. The third-order valence-corrected chi connectivity index (χ3v) is 3.93. The summed E-state index contributed by atoms with van der Waals surface area (Å²) in [6.07, 6.45) is 1.45. The van der Waals surface area contributed by atoms with E-state index in [0.717, 1.165) is 0 Å². The number of hydrogen-bond donors (Lipinski definition) is 1. The van der Waals surface area contributed by atoms with E-state index in [1.807, 2.05) is 0 Å². The average molecular weight is 265 g/mol. The Bertz CT molecular complexity index is 594. The minimum absolute atomic E-state index is 0.306. The van der Waals surface area contributed by atoms with Crippen LogP contribution in [0.25, 0.3) is 0 Å². The Kier molecular flexibility index (Phi) is 2.52. The van der Waals surface area contributed by atoms with Crippen LogP contribution in [0.2, 0.25) is 0 Å². The second-order valence-corrected chi connectivity index (χ2v) is 6.24. The van der Waals surface area contributed by atoms with Gasteiger partial charge in [0.25, 0.3) is 0 Å². The molecule has 0 saturated heterocycles. The van der Waals surface area contributed by atoms with Crippen molar-refractivity contribution in [3.05, 3.63) is 29.1 Å². The topological polar surface area (TPSA) is 60.2 Å². The van der Waals surface area contributed by atoms with Crippen molar-refractivity contribution in [2.45, 2.75) is 23.3 Å². The van der Waals surface area contributed by atoms with E-state index in [1.54, 1.807) is 0 Å². The van der Waals surface area contributed by atoms with Crippen LogP contribution in [0, 0.1) is 17.5 Å².